The summed E-state index contributed by atoms with van der Waals surface area (Å²) in [7, 11) is 1.63. The van der Waals surface area contributed by atoms with Gasteiger partial charge in [0.25, 0.3) is 5.91 Å². The van der Waals surface area contributed by atoms with Crippen LogP contribution in [0.1, 0.15) is 25.8 Å². The summed E-state index contributed by atoms with van der Waals surface area (Å²) in [5.41, 5.74) is 3.46. The Bertz CT molecular complexity index is 1210. The molecule has 1 fully saturated rings. The van der Waals surface area contributed by atoms with Crippen LogP contribution >= 0.6 is 39.9 Å². The van der Waals surface area contributed by atoms with E-state index in [9.17, 15) is 4.79 Å². The Kier molecular flexibility index (Phi) is 6.83. The third-order valence-electron chi connectivity index (χ3n) is 5.33. The zero-order valence-corrected chi connectivity index (χ0v) is 21.1. The van der Waals surface area contributed by atoms with Crippen LogP contribution in [0.5, 0.6) is 5.75 Å². The Morgan fingerprint density at radius 2 is 2.00 bits per heavy atom. The predicted octanol–water partition coefficient (Wildman–Crippen LogP) is 6.31. The second-order valence-electron chi connectivity index (χ2n) is 7.37. The molecule has 164 valence electrons. The summed E-state index contributed by atoms with van der Waals surface area (Å²) in [6.07, 6.45) is 4.68. The molecule has 32 heavy (non-hydrogen) atoms. The highest BCUT2D eigenvalue weighted by molar-refractivity contribution is 9.10. The average Bonchev–Trinajstić information content (AvgIpc) is 3.34. The Labute approximate surface area is 205 Å². The number of halogens is 1. The Balaban J connectivity index is 1.81. The van der Waals surface area contributed by atoms with Gasteiger partial charge in [0.15, 0.2) is 0 Å². The highest BCUT2D eigenvalue weighted by Gasteiger charge is 2.35. The monoisotopic (exact) mass is 527 g/mol. The Morgan fingerprint density at radius 3 is 2.66 bits per heavy atom. The van der Waals surface area contributed by atoms with Crippen LogP contribution in [0.25, 0.3) is 23.0 Å². The second kappa shape index (κ2) is 9.60. The number of thioether (sulfide) groups is 1. The number of carbonyl (C=O) groups is 1. The number of hydrogen-bond acceptors (Lipinski definition) is 5. The predicted molar refractivity (Wildman–Crippen MR) is 138 cm³/mol. The fraction of sp³-hybridized carbons (Fsp3) is 0.208. The van der Waals surface area contributed by atoms with Crippen molar-refractivity contribution in [3.63, 3.8) is 0 Å². The van der Waals surface area contributed by atoms with Gasteiger partial charge >= 0.3 is 0 Å². The van der Waals surface area contributed by atoms with Gasteiger partial charge in [-0.1, -0.05) is 49.1 Å². The molecule has 1 aliphatic heterocycles. The lowest BCUT2D eigenvalue weighted by Crippen LogP contribution is -2.36. The number of thiocarbonyl (C=S) groups is 1. The number of aromatic nitrogens is 2. The van der Waals surface area contributed by atoms with Gasteiger partial charge in [-0.05, 0) is 65.7 Å². The van der Waals surface area contributed by atoms with E-state index in [4.69, 9.17) is 22.1 Å². The minimum absolute atomic E-state index is 0.0522. The fourth-order valence-corrected chi connectivity index (χ4v) is 5.42. The number of ether oxygens (including phenoxy) is 1. The molecule has 0 radical (unpaired) electrons. The van der Waals surface area contributed by atoms with Crippen molar-refractivity contribution in [1.29, 1.82) is 0 Å². The quantitative estimate of drug-likeness (QED) is 0.277. The summed E-state index contributed by atoms with van der Waals surface area (Å²) in [6, 6.07) is 15.8. The lowest BCUT2D eigenvalue weighted by Gasteiger charge is -2.21. The first-order valence-electron chi connectivity index (χ1n) is 10.2. The first-order valence-corrected chi connectivity index (χ1v) is 12.2. The molecule has 3 aromatic rings. The first kappa shape index (κ1) is 22.8. The summed E-state index contributed by atoms with van der Waals surface area (Å²) < 4.78 is 8.63. The number of nitrogens with zero attached hydrogens (tertiary/aromatic N) is 3. The number of para-hydroxylation sites is 1. The SMILES string of the molecule is CCC(C)N1C(=O)/C(=C/c2cn(-c3ccccc3)nc2-c2ccc(OC)c(Br)c2)SC1=S. The first-order chi connectivity index (χ1) is 15.4. The maximum atomic E-state index is 13.1. The van der Waals surface area contributed by atoms with Crippen molar-refractivity contribution < 1.29 is 9.53 Å². The molecule has 1 atom stereocenters. The summed E-state index contributed by atoms with van der Waals surface area (Å²) in [5.74, 6) is 0.691. The lowest BCUT2D eigenvalue weighted by molar-refractivity contribution is -0.123. The molecule has 1 aliphatic rings. The van der Waals surface area contributed by atoms with E-state index in [1.54, 1.807) is 12.0 Å². The van der Waals surface area contributed by atoms with Gasteiger partial charge in [-0.25, -0.2) is 4.68 Å². The van der Waals surface area contributed by atoms with E-state index in [1.807, 2.05) is 72.4 Å². The number of methoxy groups -OCH3 is 1. The largest absolute Gasteiger partial charge is 0.496 e. The molecule has 0 bridgehead atoms. The molecule has 1 unspecified atom stereocenters. The van der Waals surface area contributed by atoms with Crippen molar-refractivity contribution in [3.05, 3.63) is 69.7 Å². The van der Waals surface area contributed by atoms with E-state index in [-0.39, 0.29) is 11.9 Å². The van der Waals surface area contributed by atoms with Gasteiger partial charge < -0.3 is 4.74 Å². The number of rotatable bonds is 6. The molecule has 5 nitrogen and oxygen atoms in total. The molecule has 0 aliphatic carbocycles. The van der Waals surface area contributed by atoms with Crippen LogP contribution < -0.4 is 4.74 Å². The van der Waals surface area contributed by atoms with Gasteiger partial charge in [0, 0.05) is 23.4 Å². The highest BCUT2D eigenvalue weighted by Crippen LogP contribution is 2.37. The zero-order valence-electron chi connectivity index (χ0n) is 17.9. The minimum Gasteiger partial charge on any atom is -0.496 e. The van der Waals surface area contributed by atoms with Crippen molar-refractivity contribution in [2.24, 2.45) is 0 Å². The number of hydrogen-bond donors (Lipinski definition) is 0. The van der Waals surface area contributed by atoms with Crippen LogP contribution in [0.3, 0.4) is 0 Å². The van der Waals surface area contributed by atoms with Crippen LogP contribution in [-0.2, 0) is 4.79 Å². The molecule has 1 saturated heterocycles. The van der Waals surface area contributed by atoms with Crippen LogP contribution in [0.2, 0.25) is 0 Å². The highest BCUT2D eigenvalue weighted by atomic mass is 79.9. The Morgan fingerprint density at radius 1 is 1.25 bits per heavy atom. The number of benzene rings is 2. The van der Waals surface area contributed by atoms with Gasteiger partial charge in [0.05, 0.1) is 22.2 Å². The van der Waals surface area contributed by atoms with Crippen LogP contribution in [0.4, 0.5) is 0 Å². The van der Waals surface area contributed by atoms with Crippen molar-refractivity contribution in [2.45, 2.75) is 26.3 Å². The van der Waals surface area contributed by atoms with E-state index in [1.165, 1.54) is 11.8 Å². The molecule has 1 aromatic heterocycles. The van der Waals surface area contributed by atoms with Crippen molar-refractivity contribution in [2.75, 3.05) is 7.11 Å². The topological polar surface area (TPSA) is 47.4 Å². The molecule has 0 N–H and O–H groups in total. The molecular weight excluding hydrogens is 506 g/mol. The molecule has 1 amide bonds. The molecule has 0 spiro atoms. The minimum atomic E-state index is -0.0522. The van der Waals surface area contributed by atoms with Gasteiger partial charge in [-0.15, -0.1) is 0 Å². The normalized spacial score (nSPS) is 16.1. The maximum absolute atomic E-state index is 13.1. The van der Waals surface area contributed by atoms with E-state index in [2.05, 4.69) is 22.9 Å². The van der Waals surface area contributed by atoms with E-state index in [0.29, 0.717) is 9.23 Å². The van der Waals surface area contributed by atoms with Gasteiger partial charge in [-0.2, -0.15) is 5.10 Å². The van der Waals surface area contributed by atoms with Gasteiger partial charge in [0.2, 0.25) is 0 Å². The average molecular weight is 528 g/mol. The molecule has 0 saturated carbocycles. The van der Waals surface area contributed by atoms with Crippen LogP contribution in [0, 0.1) is 0 Å². The van der Waals surface area contributed by atoms with Crippen molar-refractivity contribution in [1.82, 2.24) is 14.7 Å². The summed E-state index contributed by atoms with van der Waals surface area (Å²) in [6.45, 7) is 4.07. The smallest absolute Gasteiger partial charge is 0.266 e. The van der Waals surface area contributed by atoms with Gasteiger partial charge in [-0.3, -0.25) is 9.69 Å². The second-order valence-corrected chi connectivity index (χ2v) is 9.90. The lowest BCUT2D eigenvalue weighted by atomic mass is 10.1. The van der Waals surface area contributed by atoms with Crippen molar-refractivity contribution >= 4 is 56.2 Å². The fourth-order valence-electron chi connectivity index (χ4n) is 3.43. The molecule has 8 heteroatoms. The van der Waals surface area contributed by atoms with E-state index in [0.717, 1.165) is 39.2 Å². The summed E-state index contributed by atoms with van der Waals surface area (Å²) in [4.78, 5) is 15.4. The van der Waals surface area contributed by atoms with Crippen LogP contribution in [-0.4, -0.2) is 38.1 Å². The molecular formula is C24H22BrN3O2S2. The zero-order chi connectivity index (χ0) is 22.8. The van der Waals surface area contributed by atoms with E-state index >= 15 is 0 Å². The molecule has 2 aromatic carbocycles. The number of amides is 1. The molecule has 4 rings (SSSR count). The maximum Gasteiger partial charge on any atom is 0.266 e. The van der Waals surface area contributed by atoms with E-state index < -0.39 is 0 Å². The Hall–Kier alpha value is -2.42. The summed E-state index contributed by atoms with van der Waals surface area (Å²) in [5, 5.41) is 4.85. The third kappa shape index (κ3) is 4.40. The van der Waals surface area contributed by atoms with Crippen molar-refractivity contribution in [3.8, 4) is 22.7 Å². The number of carbonyl (C=O) groups excluding carboxylic acids is 1. The standard InChI is InChI=1S/C24H22BrN3O2S2/c1-4-15(2)28-23(29)21(32-24(28)31)13-17-14-27(18-8-6-5-7-9-18)26-22(17)16-10-11-20(30-3)19(25)12-16/h5-15H,4H2,1-3H3/b21-13-. The van der Waals surface area contributed by atoms with Crippen LogP contribution in [0.15, 0.2) is 64.1 Å². The van der Waals surface area contributed by atoms with Gasteiger partial charge in [0.1, 0.15) is 15.8 Å². The summed E-state index contributed by atoms with van der Waals surface area (Å²) >= 11 is 10.4. The third-order valence-corrected chi connectivity index (χ3v) is 7.28. The molecule has 2 heterocycles.